The number of carbonyl (C=O) groups is 2. The molecule has 0 bridgehead atoms. The van der Waals surface area contributed by atoms with Gasteiger partial charge in [-0.1, -0.05) is 0 Å². The van der Waals surface area contributed by atoms with E-state index in [0.717, 1.165) is 91.0 Å². The molecule has 0 radical (unpaired) electrons. The van der Waals surface area contributed by atoms with Gasteiger partial charge in [-0.25, -0.2) is 0 Å². The normalized spacial score (nSPS) is 34.4. The Hall–Kier alpha value is -1.30. The highest BCUT2D eigenvalue weighted by atomic mass is 16.6. The van der Waals surface area contributed by atoms with Gasteiger partial charge >= 0.3 is 11.9 Å². The number of rotatable bonds is 18. The SMILES string of the molecule is C(CCOCC1CO1)COCC1CO1.O=C(CCCCC(=O)OCC1CCC2OC2C1)OCC1CCC2OC2C1. The summed E-state index contributed by atoms with van der Waals surface area (Å²) in [5, 5.41) is 0. The van der Waals surface area contributed by atoms with Gasteiger partial charge in [0.15, 0.2) is 0 Å². The quantitative estimate of drug-likeness (QED) is 0.138. The van der Waals surface area contributed by atoms with Gasteiger partial charge in [0.1, 0.15) is 12.2 Å². The molecule has 2 saturated carbocycles. The predicted molar refractivity (Wildman–Crippen MR) is 143 cm³/mol. The molecule has 4 saturated heterocycles. The number of fused-ring (bicyclic) bond motifs is 2. The molecule has 0 spiro atoms. The number of hydrogen-bond donors (Lipinski definition) is 0. The van der Waals surface area contributed by atoms with Crippen molar-refractivity contribution in [2.24, 2.45) is 11.8 Å². The van der Waals surface area contributed by atoms with E-state index in [1.54, 1.807) is 0 Å². The van der Waals surface area contributed by atoms with Gasteiger partial charge in [0.2, 0.25) is 0 Å². The molecule has 2 aliphatic carbocycles. The van der Waals surface area contributed by atoms with E-state index in [0.29, 0.717) is 87.4 Å². The minimum absolute atomic E-state index is 0.154. The van der Waals surface area contributed by atoms with Gasteiger partial charge in [0, 0.05) is 26.1 Å². The largest absolute Gasteiger partial charge is 0.465 e. The van der Waals surface area contributed by atoms with Crippen molar-refractivity contribution in [2.45, 2.75) is 114 Å². The molecular weight excluding hydrogens is 520 g/mol. The molecule has 6 aliphatic rings. The van der Waals surface area contributed by atoms with Crippen molar-refractivity contribution in [1.82, 2.24) is 0 Å². The Balaban J connectivity index is 0.000000194. The van der Waals surface area contributed by atoms with E-state index in [1.807, 2.05) is 0 Å². The van der Waals surface area contributed by atoms with Gasteiger partial charge in [-0.15, -0.1) is 0 Å². The monoisotopic (exact) mass is 568 g/mol. The zero-order chi connectivity index (χ0) is 27.6. The summed E-state index contributed by atoms with van der Waals surface area (Å²) in [4.78, 5) is 23.6. The summed E-state index contributed by atoms with van der Waals surface area (Å²) < 4.78 is 42.6. The van der Waals surface area contributed by atoms with Crippen molar-refractivity contribution in [3.63, 3.8) is 0 Å². The van der Waals surface area contributed by atoms with E-state index in [9.17, 15) is 9.59 Å². The number of esters is 2. The van der Waals surface area contributed by atoms with Crippen LogP contribution in [0.15, 0.2) is 0 Å². The summed E-state index contributed by atoms with van der Waals surface area (Å²) in [5.41, 5.74) is 0. The molecule has 228 valence electrons. The minimum atomic E-state index is -0.154. The second-order valence-corrected chi connectivity index (χ2v) is 12.1. The summed E-state index contributed by atoms with van der Waals surface area (Å²) in [7, 11) is 0. The van der Waals surface area contributed by atoms with E-state index in [2.05, 4.69) is 0 Å². The summed E-state index contributed by atoms with van der Waals surface area (Å²) >= 11 is 0. The lowest BCUT2D eigenvalue weighted by Gasteiger charge is -2.18. The van der Waals surface area contributed by atoms with Crippen molar-refractivity contribution in [3.8, 4) is 0 Å². The topological polar surface area (TPSA) is 121 Å². The van der Waals surface area contributed by atoms with Gasteiger partial charge in [-0.05, 0) is 76.0 Å². The van der Waals surface area contributed by atoms with Crippen molar-refractivity contribution < 1.29 is 47.5 Å². The minimum Gasteiger partial charge on any atom is -0.465 e. The van der Waals surface area contributed by atoms with Crippen LogP contribution in [0.25, 0.3) is 0 Å². The van der Waals surface area contributed by atoms with Crippen LogP contribution in [0, 0.1) is 11.8 Å². The predicted octanol–water partition coefficient (Wildman–Crippen LogP) is 3.37. The zero-order valence-electron chi connectivity index (χ0n) is 23.8. The lowest BCUT2D eigenvalue weighted by molar-refractivity contribution is -0.147. The van der Waals surface area contributed by atoms with Gasteiger partial charge in [0.05, 0.1) is 64.1 Å². The summed E-state index contributed by atoms with van der Waals surface area (Å²) in [6.45, 7) is 5.95. The first-order valence-electron chi connectivity index (χ1n) is 15.6. The molecule has 8 atom stereocenters. The van der Waals surface area contributed by atoms with Gasteiger partial charge in [-0.2, -0.15) is 0 Å². The van der Waals surface area contributed by atoms with E-state index in [1.165, 1.54) is 0 Å². The molecule has 4 aliphatic heterocycles. The molecule has 6 rings (SSSR count). The Morgan fingerprint density at radius 3 is 1.43 bits per heavy atom. The van der Waals surface area contributed by atoms with Crippen LogP contribution in [-0.4, -0.2) is 101 Å². The van der Waals surface area contributed by atoms with Crippen LogP contribution in [0.1, 0.15) is 77.0 Å². The smallest absolute Gasteiger partial charge is 0.305 e. The zero-order valence-corrected chi connectivity index (χ0v) is 23.8. The molecule has 0 aromatic carbocycles. The molecule has 0 aromatic heterocycles. The van der Waals surface area contributed by atoms with E-state index in [4.69, 9.17) is 37.9 Å². The Morgan fingerprint density at radius 2 is 1.02 bits per heavy atom. The second-order valence-electron chi connectivity index (χ2n) is 12.1. The maximum Gasteiger partial charge on any atom is 0.305 e. The second kappa shape index (κ2) is 15.8. The van der Waals surface area contributed by atoms with Gasteiger partial charge < -0.3 is 37.9 Å². The summed E-state index contributed by atoms with van der Waals surface area (Å²) in [6, 6.07) is 0. The Kier molecular flexibility index (Phi) is 11.9. The average molecular weight is 569 g/mol. The number of epoxide rings is 4. The highest BCUT2D eigenvalue weighted by molar-refractivity contribution is 5.70. The molecule has 8 unspecified atom stereocenters. The lowest BCUT2D eigenvalue weighted by atomic mass is 9.90. The molecule has 0 aromatic rings. The van der Waals surface area contributed by atoms with Crippen LogP contribution in [0.4, 0.5) is 0 Å². The molecule has 0 N–H and O–H groups in total. The fourth-order valence-electron chi connectivity index (χ4n) is 5.55. The van der Waals surface area contributed by atoms with Crippen LogP contribution in [0.5, 0.6) is 0 Å². The molecule has 10 heteroatoms. The average Bonchev–Trinajstić information content (AvgIpc) is 3.79. The Bertz CT molecular complexity index is 720. The molecule has 6 fully saturated rings. The first-order valence-corrected chi connectivity index (χ1v) is 15.6. The van der Waals surface area contributed by atoms with Crippen LogP contribution in [-0.2, 0) is 47.5 Å². The number of unbranched alkanes of at least 4 members (excludes halogenated alkanes) is 2. The fraction of sp³-hybridized carbons (Fsp3) is 0.933. The van der Waals surface area contributed by atoms with Crippen LogP contribution >= 0.6 is 0 Å². The number of hydrogen-bond acceptors (Lipinski definition) is 10. The summed E-state index contributed by atoms with van der Waals surface area (Å²) in [5.74, 6) is 0.597. The Morgan fingerprint density at radius 1 is 0.575 bits per heavy atom. The standard InChI is InChI=1S/C20H30O6.C10H18O4/c21-19(23-11-13-5-7-15-17(9-13)25-15)3-1-2-4-20(22)24-12-14-6-8-16-18(10-14)26-16;1(3-11-5-9-7-13-9)2-4-12-6-10-8-14-10/h13-18H,1-12H2;9-10H,1-8H2. The third kappa shape index (κ3) is 11.9. The first kappa shape index (κ1) is 30.2. The van der Waals surface area contributed by atoms with Crippen LogP contribution in [0.3, 0.4) is 0 Å². The fourth-order valence-corrected chi connectivity index (χ4v) is 5.55. The molecule has 4 heterocycles. The van der Waals surface area contributed by atoms with Crippen molar-refractivity contribution in [1.29, 1.82) is 0 Å². The third-order valence-electron chi connectivity index (χ3n) is 8.44. The van der Waals surface area contributed by atoms with E-state index in [-0.39, 0.29) is 11.9 Å². The van der Waals surface area contributed by atoms with Gasteiger partial charge in [-0.3, -0.25) is 9.59 Å². The highest BCUT2D eigenvalue weighted by Gasteiger charge is 2.44. The number of ether oxygens (including phenoxy) is 8. The van der Waals surface area contributed by atoms with E-state index < -0.39 is 0 Å². The van der Waals surface area contributed by atoms with Crippen LogP contribution < -0.4 is 0 Å². The Labute approximate surface area is 238 Å². The van der Waals surface area contributed by atoms with E-state index >= 15 is 0 Å². The molecule has 0 amide bonds. The van der Waals surface area contributed by atoms with Crippen LogP contribution in [0.2, 0.25) is 0 Å². The third-order valence-corrected chi connectivity index (χ3v) is 8.44. The summed E-state index contributed by atoms with van der Waals surface area (Å²) in [6.07, 6.45) is 13.3. The maximum absolute atomic E-state index is 11.8. The molecule has 40 heavy (non-hydrogen) atoms. The van der Waals surface area contributed by atoms with Crippen molar-refractivity contribution in [3.05, 3.63) is 0 Å². The molecule has 10 nitrogen and oxygen atoms in total. The molecular formula is C30H48O10. The van der Waals surface area contributed by atoms with Crippen molar-refractivity contribution in [2.75, 3.05) is 52.9 Å². The lowest BCUT2D eigenvalue weighted by Crippen LogP contribution is -2.20. The maximum atomic E-state index is 11.8. The van der Waals surface area contributed by atoms with Gasteiger partial charge in [0.25, 0.3) is 0 Å². The van der Waals surface area contributed by atoms with Crippen molar-refractivity contribution >= 4 is 11.9 Å². The highest BCUT2D eigenvalue weighted by Crippen LogP contribution is 2.40. The number of carbonyl (C=O) groups excluding carboxylic acids is 2. The first-order chi connectivity index (χ1) is 19.6.